The lowest BCUT2D eigenvalue weighted by atomic mass is 10.0. The van der Waals surface area contributed by atoms with Crippen LogP contribution in [0.1, 0.15) is 123 Å². The first-order valence-corrected chi connectivity index (χ1v) is 9.73. The Labute approximate surface area is 130 Å². The van der Waals surface area contributed by atoms with E-state index in [1.165, 1.54) is 109 Å². The molecule has 0 amide bonds. The standard InChI is InChI=1S/C20H41/c1-3-5-7-9-11-13-15-17-19-20-18-16-14-12-10-8-6-4-2/h13H,3-12,14-20H2,1-2H3. The van der Waals surface area contributed by atoms with Gasteiger partial charge < -0.3 is 0 Å². The molecular weight excluding hydrogens is 240 g/mol. The minimum atomic E-state index is 1.36. The van der Waals surface area contributed by atoms with Crippen LogP contribution in [0.5, 0.6) is 0 Å². The molecule has 1 radical (unpaired) electrons. The Kier molecular flexibility index (Phi) is 19.0. The van der Waals surface area contributed by atoms with Crippen molar-refractivity contribution in [1.82, 2.24) is 0 Å². The van der Waals surface area contributed by atoms with E-state index in [0.29, 0.717) is 0 Å². The van der Waals surface area contributed by atoms with E-state index in [1.54, 1.807) is 0 Å². The van der Waals surface area contributed by atoms with Crippen LogP contribution < -0.4 is 0 Å². The monoisotopic (exact) mass is 281 g/mol. The van der Waals surface area contributed by atoms with Gasteiger partial charge >= 0.3 is 0 Å². The molecule has 0 N–H and O–H groups in total. The summed E-state index contributed by atoms with van der Waals surface area (Å²) in [5, 5.41) is 0. The molecule has 0 nitrogen and oxygen atoms in total. The highest BCUT2D eigenvalue weighted by Crippen LogP contribution is 2.13. The first-order chi connectivity index (χ1) is 9.91. The summed E-state index contributed by atoms with van der Waals surface area (Å²) in [7, 11) is 0. The molecule has 0 aliphatic rings. The van der Waals surface area contributed by atoms with Crippen molar-refractivity contribution in [3.8, 4) is 0 Å². The van der Waals surface area contributed by atoms with Gasteiger partial charge in [0.1, 0.15) is 0 Å². The lowest BCUT2D eigenvalue weighted by Crippen LogP contribution is -1.84. The first kappa shape index (κ1) is 20.0. The van der Waals surface area contributed by atoms with Crippen molar-refractivity contribution in [2.75, 3.05) is 0 Å². The van der Waals surface area contributed by atoms with Crippen LogP contribution in [0.2, 0.25) is 0 Å². The van der Waals surface area contributed by atoms with Crippen molar-refractivity contribution in [1.29, 1.82) is 0 Å². The fourth-order valence-electron chi connectivity index (χ4n) is 2.81. The van der Waals surface area contributed by atoms with Gasteiger partial charge in [0, 0.05) is 0 Å². The van der Waals surface area contributed by atoms with Crippen LogP contribution in [0, 0.1) is 6.42 Å². The maximum Gasteiger partial charge on any atom is -0.0386 e. The van der Waals surface area contributed by atoms with Gasteiger partial charge in [0.05, 0.1) is 0 Å². The third-order valence-corrected chi connectivity index (χ3v) is 4.27. The molecule has 0 aliphatic carbocycles. The molecule has 0 saturated heterocycles. The van der Waals surface area contributed by atoms with Gasteiger partial charge in [-0.05, 0) is 6.42 Å². The minimum absolute atomic E-state index is 1.36. The van der Waals surface area contributed by atoms with E-state index in [0.717, 1.165) is 0 Å². The first-order valence-electron chi connectivity index (χ1n) is 9.73. The van der Waals surface area contributed by atoms with Gasteiger partial charge in [-0.15, -0.1) is 0 Å². The SMILES string of the molecule is CCCCCC[CH]CCCCCCCCCCCCC. The molecule has 0 fully saturated rings. The van der Waals surface area contributed by atoms with E-state index >= 15 is 0 Å². The van der Waals surface area contributed by atoms with E-state index < -0.39 is 0 Å². The Balaban J connectivity index is 2.89. The zero-order valence-electron chi connectivity index (χ0n) is 14.6. The fourth-order valence-corrected chi connectivity index (χ4v) is 2.81. The summed E-state index contributed by atoms with van der Waals surface area (Å²) < 4.78 is 0. The molecule has 0 spiro atoms. The summed E-state index contributed by atoms with van der Waals surface area (Å²) in [6.07, 6.45) is 26.9. The molecule has 121 valence electrons. The molecule has 0 rings (SSSR count). The molecule has 0 aromatic carbocycles. The van der Waals surface area contributed by atoms with E-state index in [2.05, 4.69) is 20.3 Å². The number of hydrogen-bond acceptors (Lipinski definition) is 0. The third-order valence-electron chi connectivity index (χ3n) is 4.27. The summed E-state index contributed by atoms with van der Waals surface area (Å²) in [6, 6.07) is 0. The average molecular weight is 282 g/mol. The molecule has 0 aliphatic heterocycles. The van der Waals surface area contributed by atoms with Crippen LogP contribution in [0.15, 0.2) is 0 Å². The smallest absolute Gasteiger partial charge is 0.0386 e. The molecule has 0 aromatic heterocycles. The Morgan fingerprint density at radius 1 is 0.400 bits per heavy atom. The molecule has 0 saturated carbocycles. The predicted molar refractivity (Wildman–Crippen MR) is 94.1 cm³/mol. The Hall–Kier alpha value is 0. The largest absolute Gasteiger partial charge is 0.0654 e. The Bertz CT molecular complexity index is 132. The van der Waals surface area contributed by atoms with E-state index in [1.807, 2.05) is 0 Å². The molecular formula is C20H41. The maximum atomic E-state index is 2.53. The highest BCUT2D eigenvalue weighted by Gasteiger charge is 1.94. The fraction of sp³-hybridized carbons (Fsp3) is 0.950. The summed E-state index contributed by atoms with van der Waals surface area (Å²) in [4.78, 5) is 0. The van der Waals surface area contributed by atoms with Crippen LogP contribution in [-0.2, 0) is 0 Å². The molecule has 20 heavy (non-hydrogen) atoms. The molecule has 0 aromatic rings. The highest BCUT2D eigenvalue weighted by atomic mass is 14.0. The summed E-state index contributed by atoms with van der Waals surface area (Å²) >= 11 is 0. The van der Waals surface area contributed by atoms with Crippen LogP contribution in [0.4, 0.5) is 0 Å². The molecule has 0 bridgehead atoms. The lowest BCUT2D eigenvalue weighted by molar-refractivity contribution is 0.546. The Morgan fingerprint density at radius 3 is 1.10 bits per heavy atom. The quantitative estimate of drug-likeness (QED) is 0.238. The molecule has 0 unspecified atom stereocenters. The van der Waals surface area contributed by atoms with E-state index in [4.69, 9.17) is 0 Å². The normalized spacial score (nSPS) is 11.1. The van der Waals surface area contributed by atoms with E-state index in [9.17, 15) is 0 Å². The van der Waals surface area contributed by atoms with Gasteiger partial charge in [0.2, 0.25) is 0 Å². The molecule has 0 atom stereocenters. The van der Waals surface area contributed by atoms with Gasteiger partial charge in [0.15, 0.2) is 0 Å². The summed E-state index contributed by atoms with van der Waals surface area (Å²) in [6.45, 7) is 4.58. The third kappa shape index (κ3) is 18.0. The number of rotatable bonds is 17. The lowest BCUT2D eigenvalue weighted by Gasteiger charge is -2.03. The van der Waals surface area contributed by atoms with Crippen LogP contribution in [0.3, 0.4) is 0 Å². The average Bonchev–Trinajstić information content (AvgIpc) is 2.47. The predicted octanol–water partition coefficient (Wildman–Crippen LogP) is 7.86. The zero-order valence-corrected chi connectivity index (χ0v) is 14.6. The van der Waals surface area contributed by atoms with Crippen molar-refractivity contribution in [3.05, 3.63) is 6.42 Å². The second kappa shape index (κ2) is 19.0. The van der Waals surface area contributed by atoms with Crippen molar-refractivity contribution in [2.45, 2.75) is 123 Å². The van der Waals surface area contributed by atoms with Crippen molar-refractivity contribution in [3.63, 3.8) is 0 Å². The molecule has 0 heterocycles. The van der Waals surface area contributed by atoms with Crippen LogP contribution >= 0.6 is 0 Å². The van der Waals surface area contributed by atoms with Crippen molar-refractivity contribution >= 4 is 0 Å². The highest BCUT2D eigenvalue weighted by molar-refractivity contribution is 4.64. The second-order valence-electron chi connectivity index (χ2n) is 6.46. The van der Waals surface area contributed by atoms with Gasteiger partial charge in [-0.3, -0.25) is 0 Å². The zero-order chi connectivity index (χ0) is 14.7. The van der Waals surface area contributed by atoms with Crippen LogP contribution in [-0.4, -0.2) is 0 Å². The maximum absolute atomic E-state index is 2.53. The van der Waals surface area contributed by atoms with Gasteiger partial charge in [0.25, 0.3) is 0 Å². The van der Waals surface area contributed by atoms with Gasteiger partial charge in [-0.1, -0.05) is 123 Å². The molecule has 0 heteroatoms. The van der Waals surface area contributed by atoms with Gasteiger partial charge in [-0.25, -0.2) is 0 Å². The second-order valence-corrected chi connectivity index (χ2v) is 6.46. The number of hydrogen-bond donors (Lipinski definition) is 0. The van der Waals surface area contributed by atoms with Gasteiger partial charge in [-0.2, -0.15) is 0 Å². The van der Waals surface area contributed by atoms with E-state index in [-0.39, 0.29) is 0 Å². The Morgan fingerprint density at radius 2 is 0.700 bits per heavy atom. The topological polar surface area (TPSA) is 0 Å². The van der Waals surface area contributed by atoms with Crippen LogP contribution in [0.25, 0.3) is 0 Å². The summed E-state index contributed by atoms with van der Waals surface area (Å²) in [5.41, 5.74) is 0. The van der Waals surface area contributed by atoms with Crippen molar-refractivity contribution < 1.29 is 0 Å². The number of unbranched alkanes of at least 4 members (excludes halogenated alkanes) is 17. The van der Waals surface area contributed by atoms with Crippen molar-refractivity contribution in [2.24, 2.45) is 0 Å². The summed E-state index contributed by atoms with van der Waals surface area (Å²) in [5.74, 6) is 0. The minimum Gasteiger partial charge on any atom is -0.0654 e.